The predicted molar refractivity (Wildman–Crippen MR) is 128 cm³/mol. The Labute approximate surface area is 200 Å². The maximum Gasteiger partial charge on any atom is 0.251 e. The van der Waals surface area contributed by atoms with E-state index in [1.54, 1.807) is 53.1 Å². The van der Waals surface area contributed by atoms with Crippen molar-refractivity contribution in [2.75, 3.05) is 11.1 Å². The minimum absolute atomic E-state index is 0.0653. The second-order valence-electron chi connectivity index (χ2n) is 7.42. The summed E-state index contributed by atoms with van der Waals surface area (Å²) in [5.74, 6) is 0.383. The fourth-order valence-corrected chi connectivity index (χ4v) is 3.98. The van der Waals surface area contributed by atoms with E-state index < -0.39 is 0 Å². The average Bonchev–Trinajstić information content (AvgIpc) is 3.12. The zero-order chi connectivity index (χ0) is 23.3. The zero-order valence-electron chi connectivity index (χ0n) is 17.8. The van der Waals surface area contributed by atoms with Crippen LogP contribution in [0.15, 0.2) is 53.7 Å². The number of nitrogens with one attached hydrogen (secondary N) is 2. The highest BCUT2D eigenvalue weighted by atomic mass is 35.5. The van der Waals surface area contributed by atoms with E-state index >= 15 is 0 Å². The van der Waals surface area contributed by atoms with Gasteiger partial charge in [-0.25, -0.2) is 0 Å². The lowest BCUT2D eigenvalue weighted by Crippen LogP contribution is -2.33. The summed E-state index contributed by atoms with van der Waals surface area (Å²) in [6.45, 7) is 3.98. The monoisotopic (exact) mass is 491 g/mol. The minimum atomic E-state index is -0.359. The molecule has 0 unspecified atom stereocenters. The van der Waals surface area contributed by atoms with E-state index in [1.165, 1.54) is 11.8 Å². The summed E-state index contributed by atoms with van der Waals surface area (Å²) in [7, 11) is 1.81. The van der Waals surface area contributed by atoms with Crippen molar-refractivity contribution < 1.29 is 9.59 Å². The van der Waals surface area contributed by atoms with Crippen molar-refractivity contribution in [3.63, 3.8) is 0 Å². The van der Waals surface area contributed by atoms with Gasteiger partial charge >= 0.3 is 0 Å². The summed E-state index contributed by atoms with van der Waals surface area (Å²) in [4.78, 5) is 25.0. The molecule has 0 fully saturated rings. The van der Waals surface area contributed by atoms with Crippen LogP contribution >= 0.6 is 35.0 Å². The number of para-hydroxylation sites is 1. The third-order valence-corrected chi connectivity index (χ3v) is 6.29. The van der Waals surface area contributed by atoms with Gasteiger partial charge in [0.15, 0.2) is 11.0 Å². The van der Waals surface area contributed by atoms with Gasteiger partial charge in [-0.15, -0.1) is 10.2 Å². The van der Waals surface area contributed by atoms with Crippen LogP contribution in [0.25, 0.3) is 0 Å². The molecule has 0 aliphatic heterocycles. The normalized spacial score (nSPS) is 11.9. The number of hydrogen-bond donors (Lipinski definition) is 2. The Morgan fingerprint density at radius 3 is 2.41 bits per heavy atom. The fourth-order valence-electron chi connectivity index (χ4n) is 2.96. The van der Waals surface area contributed by atoms with E-state index in [4.69, 9.17) is 23.2 Å². The highest BCUT2D eigenvalue weighted by molar-refractivity contribution is 7.99. The first-order chi connectivity index (χ1) is 15.3. The molecule has 2 N–H and O–H groups in total. The van der Waals surface area contributed by atoms with Crippen molar-refractivity contribution in [1.82, 2.24) is 20.1 Å². The van der Waals surface area contributed by atoms with Gasteiger partial charge in [-0.2, -0.15) is 0 Å². The quantitative estimate of drug-likeness (QED) is 0.433. The molecule has 0 radical (unpaired) electrons. The Balaban J connectivity index is 1.67. The van der Waals surface area contributed by atoms with Crippen LogP contribution in [0.2, 0.25) is 10.0 Å². The number of carbonyl (C=O) groups is 2. The lowest BCUT2D eigenvalue weighted by Gasteiger charge is -2.21. The van der Waals surface area contributed by atoms with Gasteiger partial charge in [-0.1, -0.05) is 60.9 Å². The Kier molecular flexibility index (Phi) is 8.17. The lowest BCUT2D eigenvalue weighted by molar-refractivity contribution is -0.113. The van der Waals surface area contributed by atoms with E-state index in [0.717, 1.165) is 0 Å². The van der Waals surface area contributed by atoms with Crippen molar-refractivity contribution in [2.45, 2.75) is 25.0 Å². The maximum atomic E-state index is 12.7. The van der Waals surface area contributed by atoms with Gasteiger partial charge < -0.3 is 15.2 Å². The number of thioether (sulfide) groups is 1. The van der Waals surface area contributed by atoms with E-state index in [2.05, 4.69) is 20.8 Å². The van der Waals surface area contributed by atoms with Gasteiger partial charge in [0.2, 0.25) is 5.91 Å². The molecule has 1 atom stereocenters. The van der Waals surface area contributed by atoms with Crippen molar-refractivity contribution in [2.24, 2.45) is 13.0 Å². The van der Waals surface area contributed by atoms with Crippen LogP contribution in [0.4, 0.5) is 5.69 Å². The van der Waals surface area contributed by atoms with Crippen molar-refractivity contribution in [3.05, 3.63) is 70.0 Å². The minimum Gasteiger partial charge on any atom is -0.342 e. The number of anilines is 1. The van der Waals surface area contributed by atoms with Crippen LogP contribution in [0.3, 0.4) is 0 Å². The second kappa shape index (κ2) is 10.8. The van der Waals surface area contributed by atoms with Gasteiger partial charge in [0, 0.05) is 17.6 Å². The number of benzene rings is 2. The molecule has 3 rings (SSSR count). The Morgan fingerprint density at radius 2 is 1.75 bits per heavy atom. The molecule has 0 bridgehead atoms. The molecular weight excluding hydrogens is 469 g/mol. The summed E-state index contributed by atoms with van der Waals surface area (Å²) in [6, 6.07) is 13.4. The molecule has 3 aromatic rings. The van der Waals surface area contributed by atoms with Crippen molar-refractivity contribution in [3.8, 4) is 0 Å². The molecule has 168 valence electrons. The van der Waals surface area contributed by atoms with Crippen LogP contribution in [0.5, 0.6) is 0 Å². The number of halogens is 2. The van der Waals surface area contributed by atoms with Crippen LogP contribution in [-0.2, 0) is 11.8 Å². The third kappa shape index (κ3) is 6.03. The summed E-state index contributed by atoms with van der Waals surface area (Å²) in [5, 5.41) is 15.9. The molecule has 7 nitrogen and oxygen atoms in total. The van der Waals surface area contributed by atoms with E-state index in [1.807, 2.05) is 20.9 Å². The van der Waals surface area contributed by atoms with Gasteiger partial charge in [0.1, 0.15) is 0 Å². The lowest BCUT2D eigenvalue weighted by atomic mass is 10.0. The molecule has 1 heterocycles. The molecule has 2 aromatic carbocycles. The Hall–Kier alpha value is -2.55. The number of rotatable bonds is 8. The van der Waals surface area contributed by atoms with Gasteiger partial charge in [-0.3, -0.25) is 9.59 Å². The topological polar surface area (TPSA) is 88.9 Å². The first kappa shape index (κ1) is 24.1. The van der Waals surface area contributed by atoms with Crippen LogP contribution in [0.1, 0.15) is 36.1 Å². The standard InChI is InChI=1S/C22H23Cl2N5O2S/c1-13(2)19(26-21(31)14-8-10-15(23)11-9-14)20-27-28-22(29(20)3)32-12-18(30)25-17-7-5-4-6-16(17)24/h4-11,13,19H,12H2,1-3H3,(H,25,30)(H,26,31)/t19-/m0/s1. The second-order valence-corrected chi connectivity index (χ2v) is 9.20. The third-order valence-electron chi connectivity index (χ3n) is 4.69. The van der Waals surface area contributed by atoms with Crippen LogP contribution in [0, 0.1) is 5.92 Å². The predicted octanol–water partition coefficient (Wildman–Crippen LogP) is 4.98. The summed E-state index contributed by atoms with van der Waals surface area (Å²) < 4.78 is 1.79. The summed E-state index contributed by atoms with van der Waals surface area (Å²) in [6.07, 6.45) is 0. The highest BCUT2D eigenvalue weighted by Crippen LogP contribution is 2.25. The zero-order valence-corrected chi connectivity index (χ0v) is 20.1. The Bertz CT molecular complexity index is 1100. The van der Waals surface area contributed by atoms with E-state index in [-0.39, 0.29) is 29.5 Å². The van der Waals surface area contributed by atoms with Crippen LogP contribution < -0.4 is 10.6 Å². The van der Waals surface area contributed by atoms with Crippen molar-refractivity contribution in [1.29, 1.82) is 0 Å². The van der Waals surface area contributed by atoms with E-state index in [9.17, 15) is 9.59 Å². The van der Waals surface area contributed by atoms with Gasteiger partial charge in [0.25, 0.3) is 5.91 Å². The van der Waals surface area contributed by atoms with Gasteiger partial charge in [0.05, 0.1) is 22.5 Å². The maximum absolute atomic E-state index is 12.7. The molecule has 0 aliphatic carbocycles. The summed E-state index contributed by atoms with van der Waals surface area (Å²) in [5.41, 5.74) is 1.07. The highest BCUT2D eigenvalue weighted by Gasteiger charge is 2.25. The average molecular weight is 492 g/mol. The largest absolute Gasteiger partial charge is 0.342 e. The van der Waals surface area contributed by atoms with Crippen molar-refractivity contribution >= 4 is 52.5 Å². The summed E-state index contributed by atoms with van der Waals surface area (Å²) >= 11 is 13.2. The smallest absolute Gasteiger partial charge is 0.251 e. The SMILES string of the molecule is CC(C)[C@H](NC(=O)c1ccc(Cl)cc1)c1nnc(SCC(=O)Nc2ccccc2Cl)n1C. The fraction of sp³-hybridized carbons (Fsp3) is 0.273. The molecule has 0 saturated heterocycles. The molecule has 32 heavy (non-hydrogen) atoms. The molecule has 2 amide bonds. The van der Waals surface area contributed by atoms with Gasteiger partial charge in [-0.05, 0) is 42.3 Å². The molecule has 10 heteroatoms. The number of aromatic nitrogens is 3. The molecular formula is C22H23Cl2N5O2S. The number of carbonyl (C=O) groups excluding carboxylic acids is 2. The number of hydrogen-bond acceptors (Lipinski definition) is 5. The van der Waals surface area contributed by atoms with E-state index in [0.29, 0.717) is 32.3 Å². The molecule has 1 aromatic heterocycles. The molecule has 0 aliphatic rings. The van der Waals surface area contributed by atoms with Crippen LogP contribution in [-0.4, -0.2) is 32.3 Å². The molecule has 0 spiro atoms. The Morgan fingerprint density at radius 1 is 1.06 bits per heavy atom. The first-order valence-electron chi connectivity index (χ1n) is 9.89. The molecule has 0 saturated carbocycles. The number of nitrogens with zero attached hydrogens (tertiary/aromatic N) is 3. The number of amides is 2. The first-order valence-corrected chi connectivity index (χ1v) is 11.6.